The highest BCUT2D eigenvalue weighted by Crippen LogP contribution is 2.30. The van der Waals surface area contributed by atoms with E-state index < -0.39 is 0 Å². The largest absolute Gasteiger partial charge is 0.331 e. The normalized spacial score (nSPS) is 11.8. The SMILES string of the molecule is Cn1c(Cc2nc3cc(Cl)c(Cl)cc3n2C)nc2cc(Cl)c(Cl)cc21. The highest BCUT2D eigenvalue weighted by Gasteiger charge is 2.15. The maximum absolute atomic E-state index is 6.12. The van der Waals surface area contributed by atoms with E-state index in [4.69, 9.17) is 46.4 Å². The summed E-state index contributed by atoms with van der Waals surface area (Å²) in [5, 5.41) is 2.00. The molecular weight excluding hydrogens is 402 g/mol. The van der Waals surface area contributed by atoms with Crippen molar-refractivity contribution in [2.45, 2.75) is 6.42 Å². The van der Waals surface area contributed by atoms with E-state index >= 15 is 0 Å². The zero-order valence-corrected chi connectivity index (χ0v) is 16.3. The van der Waals surface area contributed by atoms with Crippen LogP contribution >= 0.6 is 46.4 Å². The van der Waals surface area contributed by atoms with Gasteiger partial charge in [0.05, 0.1) is 48.6 Å². The molecule has 0 spiro atoms. The first-order chi connectivity index (χ1) is 11.8. The summed E-state index contributed by atoms with van der Waals surface area (Å²) in [6.07, 6.45) is 0.556. The van der Waals surface area contributed by atoms with Crippen LogP contribution in [0.1, 0.15) is 11.6 Å². The molecule has 0 unspecified atom stereocenters. The second-order valence-corrected chi connectivity index (χ2v) is 7.49. The second-order valence-electron chi connectivity index (χ2n) is 5.86. The van der Waals surface area contributed by atoms with Gasteiger partial charge in [0.15, 0.2) is 0 Å². The Bertz CT molecular complexity index is 1050. The lowest BCUT2D eigenvalue weighted by molar-refractivity contribution is 0.775. The van der Waals surface area contributed by atoms with Gasteiger partial charge in [0.1, 0.15) is 11.6 Å². The summed E-state index contributed by atoms with van der Waals surface area (Å²) in [6, 6.07) is 7.20. The molecule has 0 radical (unpaired) electrons. The van der Waals surface area contributed by atoms with Gasteiger partial charge in [-0.3, -0.25) is 0 Å². The van der Waals surface area contributed by atoms with Gasteiger partial charge in [0.25, 0.3) is 0 Å². The molecule has 0 saturated carbocycles. The Morgan fingerprint density at radius 3 is 1.44 bits per heavy atom. The fourth-order valence-electron chi connectivity index (χ4n) is 2.93. The average Bonchev–Trinajstić information content (AvgIpc) is 3.01. The molecule has 0 amide bonds. The average molecular weight is 414 g/mol. The van der Waals surface area contributed by atoms with Crippen molar-refractivity contribution in [1.29, 1.82) is 0 Å². The fourth-order valence-corrected chi connectivity index (χ4v) is 3.56. The van der Waals surface area contributed by atoms with Crippen molar-refractivity contribution in [3.8, 4) is 0 Å². The number of nitrogens with zero attached hydrogens (tertiary/aromatic N) is 4. The Kier molecular flexibility index (Phi) is 4.12. The van der Waals surface area contributed by atoms with Crippen LogP contribution in [-0.2, 0) is 20.5 Å². The summed E-state index contributed by atoms with van der Waals surface area (Å²) in [5.41, 5.74) is 3.46. The molecule has 0 fully saturated rings. The maximum Gasteiger partial charge on any atom is 0.117 e. The van der Waals surface area contributed by atoms with Crippen molar-refractivity contribution in [3.05, 3.63) is 56.0 Å². The van der Waals surface area contributed by atoms with Gasteiger partial charge >= 0.3 is 0 Å². The lowest BCUT2D eigenvalue weighted by Crippen LogP contribution is -2.04. The molecule has 0 aliphatic heterocycles. The number of aryl methyl sites for hydroxylation is 2. The van der Waals surface area contributed by atoms with E-state index in [1.165, 1.54) is 0 Å². The minimum absolute atomic E-state index is 0.492. The van der Waals surface area contributed by atoms with Crippen molar-refractivity contribution < 1.29 is 0 Å². The molecule has 0 N–H and O–H groups in total. The van der Waals surface area contributed by atoms with E-state index in [2.05, 4.69) is 9.97 Å². The van der Waals surface area contributed by atoms with Crippen LogP contribution in [-0.4, -0.2) is 19.1 Å². The summed E-state index contributed by atoms with van der Waals surface area (Å²) in [6.45, 7) is 0. The molecule has 0 bridgehead atoms. The molecule has 2 aromatic heterocycles. The van der Waals surface area contributed by atoms with Gasteiger partial charge in [-0.05, 0) is 24.3 Å². The topological polar surface area (TPSA) is 35.6 Å². The number of hydrogen-bond acceptors (Lipinski definition) is 2. The molecular formula is C17H12Cl4N4. The molecule has 4 rings (SSSR count). The zero-order valence-electron chi connectivity index (χ0n) is 13.3. The van der Waals surface area contributed by atoms with Crippen LogP contribution in [0.4, 0.5) is 0 Å². The van der Waals surface area contributed by atoms with Gasteiger partial charge in [0, 0.05) is 14.1 Å². The molecule has 2 aromatic carbocycles. The Morgan fingerprint density at radius 2 is 1.04 bits per heavy atom. The predicted octanol–water partition coefficient (Wildman–Crippen LogP) is 5.66. The molecule has 4 aromatic rings. The number of rotatable bonds is 2. The van der Waals surface area contributed by atoms with Crippen molar-refractivity contribution in [2.75, 3.05) is 0 Å². The van der Waals surface area contributed by atoms with Crippen molar-refractivity contribution in [1.82, 2.24) is 19.1 Å². The minimum atomic E-state index is 0.492. The summed E-state index contributed by atoms with van der Waals surface area (Å²) in [4.78, 5) is 9.34. The number of imidazole rings is 2. The molecule has 128 valence electrons. The summed E-state index contributed by atoms with van der Waals surface area (Å²) in [5.74, 6) is 1.73. The van der Waals surface area contributed by atoms with Crippen molar-refractivity contribution >= 4 is 68.5 Å². The maximum atomic E-state index is 6.12. The Labute approximate surface area is 163 Å². The summed E-state index contributed by atoms with van der Waals surface area (Å²) < 4.78 is 3.99. The molecule has 8 heteroatoms. The third-order valence-corrected chi connectivity index (χ3v) is 5.79. The highest BCUT2D eigenvalue weighted by molar-refractivity contribution is 6.43. The predicted molar refractivity (Wildman–Crippen MR) is 104 cm³/mol. The van der Waals surface area contributed by atoms with Crippen LogP contribution < -0.4 is 0 Å². The molecule has 2 heterocycles. The first-order valence-corrected chi connectivity index (χ1v) is 8.97. The number of fused-ring (bicyclic) bond motifs is 2. The first kappa shape index (κ1) is 17.0. The molecule has 0 atom stereocenters. The van der Waals surface area contributed by atoms with Crippen LogP contribution in [0, 0.1) is 0 Å². The third kappa shape index (κ3) is 2.77. The first-order valence-electron chi connectivity index (χ1n) is 7.46. The molecule has 4 nitrogen and oxygen atoms in total. The van der Waals surface area contributed by atoms with Gasteiger partial charge in [-0.1, -0.05) is 46.4 Å². The number of halogens is 4. The smallest absolute Gasteiger partial charge is 0.117 e. The zero-order chi connectivity index (χ0) is 17.9. The van der Waals surface area contributed by atoms with Crippen molar-refractivity contribution in [2.24, 2.45) is 14.1 Å². The third-order valence-electron chi connectivity index (χ3n) is 4.35. The van der Waals surface area contributed by atoms with Crippen LogP contribution in [0.2, 0.25) is 20.1 Å². The van der Waals surface area contributed by atoms with E-state index in [0.29, 0.717) is 26.5 Å². The van der Waals surface area contributed by atoms with Gasteiger partial charge in [-0.15, -0.1) is 0 Å². The number of aromatic nitrogens is 4. The molecule has 25 heavy (non-hydrogen) atoms. The van der Waals surface area contributed by atoms with Gasteiger partial charge in [0.2, 0.25) is 0 Å². The van der Waals surface area contributed by atoms with Crippen LogP contribution in [0.25, 0.3) is 22.1 Å². The quantitative estimate of drug-likeness (QED) is 0.424. The molecule has 0 aliphatic rings. The fraction of sp³-hybridized carbons (Fsp3) is 0.176. The minimum Gasteiger partial charge on any atom is -0.331 e. The van der Waals surface area contributed by atoms with E-state index in [9.17, 15) is 0 Å². The van der Waals surface area contributed by atoms with E-state index in [1.54, 1.807) is 12.1 Å². The Balaban J connectivity index is 1.82. The van der Waals surface area contributed by atoms with Crippen LogP contribution in [0.3, 0.4) is 0 Å². The van der Waals surface area contributed by atoms with E-state index in [1.807, 2.05) is 35.4 Å². The Morgan fingerprint density at radius 1 is 0.680 bits per heavy atom. The number of hydrogen-bond donors (Lipinski definition) is 0. The van der Waals surface area contributed by atoms with Gasteiger partial charge in [-0.2, -0.15) is 0 Å². The standard InChI is InChI=1S/C17H12Cl4N4/c1-24-14-5-10(20)8(18)3-12(14)22-16(24)7-17-23-13-4-9(19)11(21)6-15(13)25(17)2/h3-6H,7H2,1-2H3. The van der Waals surface area contributed by atoms with Gasteiger partial charge in [-0.25, -0.2) is 9.97 Å². The monoisotopic (exact) mass is 412 g/mol. The second kappa shape index (κ2) is 6.06. The molecule has 0 saturated heterocycles. The van der Waals surface area contributed by atoms with E-state index in [-0.39, 0.29) is 0 Å². The van der Waals surface area contributed by atoms with Crippen LogP contribution in [0.5, 0.6) is 0 Å². The highest BCUT2D eigenvalue weighted by atomic mass is 35.5. The van der Waals surface area contributed by atoms with Crippen LogP contribution in [0.15, 0.2) is 24.3 Å². The lowest BCUT2D eigenvalue weighted by atomic mass is 10.3. The number of benzene rings is 2. The summed E-state index contributed by atoms with van der Waals surface area (Å²) >= 11 is 24.4. The van der Waals surface area contributed by atoms with Crippen molar-refractivity contribution in [3.63, 3.8) is 0 Å². The summed E-state index contributed by atoms with van der Waals surface area (Å²) in [7, 11) is 3.90. The van der Waals surface area contributed by atoms with Gasteiger partial charge < -0.3 is 9.13 Å². The molecule has 0 aliphatic carbocycles. The Hall–Kier alpha value is -1.46. The van der Waals surface area contributed by atoms with E-state index in [0.717, 1.165) is 33.7 Å². The lowest BCUT2D eigenvalue weighted by Gasteiger charge is -2.04.